The fourth-order valence-electron chi connectivity index (χ4n) is 5.19. The lowest BCUT2D eigenvalue weighted by molar-refractivity contribution is -0.00832. The Hall–Kier alpha value is -3.49. The summed E-state index contributed by atoms with van der Waals surface area (Å²) in [6.45, 7) is 6.00. The van der Waals surface area contributed by atoms with Crippen LogP contribution in [0.5, 0.6) is 5.75 Å². The van der Waals surface area contributed by atoms with E-state index in [0.717, 1.165) is 24.2 Å². The molecule has 3 amide bonds. The summed E-state index contributed by atoms with van der Waals surface area (Å²) in [5.41, 5.74) is 1.25. The molecule has 0 radical (unpaired) electrons. The fraction of sp³-hybridized carbons (Fsp3) is 0.455. The Morgan fingerprint density at radius 2 is 1.83 bits per heavy atom. The zero-order valence-corrected chi connectivity index (χ0v) is 28.4. The molecule has 0 saturated carbocycles. The van der Waals surface area contributed by atoms with Crippen molar-refractivity contribution < 1.29 is 32.6 Å². The van der Waals surface area contributed by atoms with Crippen molar-refractivity contribution in [2.45, 2.75) is 62.5 Å². The Morgan fingerprint density at radius 3 is 2.52 bits per heavy atom. The van der Waals surface area contributed by atoms with Gasteiger partial charge in [-0.1, -0.05) is 31.2 Å². The maximum Gasteiger partial charge on any atom is 0.323 e. The number of nitrogens with zero attached hydrogens (tertiary/aromatic N) is 2. The Kier molecular flexibility index (Phi) is 12.6. The minimum Gasteiger partial charge on any atom is -0.490 e. The van der Waals surface area contributed by atoms with Crippen LogP contribution in [0.3, 0.4) is 0 Å². The zero-order valence-electron chi connectivity index (χ0n) is 26.7. The van der Waals surface area contributed by atoms with Crippen LogP contribution in [0.4, 0.5) is 16.2 Å². The number of amides is 3. The third-order valence-corrected chi connectivity index (χ3v) is 11.1. The molecule has 1 aliphatic rings. The van der Waals surface area contributed by atoms with E-state index in [1.54, 1.807) is 59.7 Å². The first kappa shape index (κ1) is 35.4. The van der Waals surface area contributed by atoms with Gasteiger partial charge in [-0.25, -0.2) is 13.2 Å². The van der Waals surface area contributed by atoms with Gasteiger partial charge in [0.15, 0.2) is 0 Å². The molecule has 2 aromatic carbocycles. The van der Waals surface area contributed by atoms with Crippen molar-refractivity contribution in [1.82, 2.24) is 9.21 Å². The molecule has 46 heavy (non-hydrogen) atoms. The number of hydrogen-bond donors (Lipinski definition) is 3. The molecule has 0 unspecified atom stereocenters. The van der Waals surface area contributed by atoms with E-state index >= 15 is 0 Å². The first-order valence-corrected chi connectivity index (χ1v) is 17.8. The van der Waals surface area contributed by atoms with Gasteiger partial charge >= 0.3 is 6.03 Å². The average Bonchev–Trinajstić information content (AvgIpc) is 3.59. The minimum atomic E-state index is -3.71. The molecule has 11 nitrogen and oxygen atoms in total. The molecule has 13 heteroatoms. The first-order valence-electron chi connectivity index (χ1n) is 15.5. The summed E-state index contributed by atoms with van der Waals surface area (Å²) < 4.78 is 40.5. The normalized spacial score (nSPS) is 20.7. The zero-order chi connectivity index (χ0) is 33.3. The topological polar surface area (TPSA) is 138 Å². The van der Waals surface area contributed by atoms with E-state index in [-0.39, 0.29) is 41.5 Å². The standard InChI is InChI=1S/C33H44N4O7S2/c1-23-20-37(24(2)22-38)32(39)28-19-27(35-33(40)34-26-12-6-5-7-13-26)15-16-29(28)44-25(3)11-8-9-17-43-30(23)21-36(4)46(41,42)31-14-10-18-45-31/h5-7,10,12-16,18-19,23-25,30,38H,8-9,11,17,20-22H2,1-4H3,(H2,34,35,40)/t23-,24-,25+,30-/m0/s1. The second-order valence-corrected chi connectivity index (χ2v) is 14.9. The van der Waals surface area contributed by atoms with Crippen molar-refractivity contribution in [2.24, 2.45) is 5.92 Å². The number of carbonyl (C=O) groups is 2. The number of para-hydroxylation sites is 1. The second kappa shape index (κ2) is 16.4. The number of aliphatic hydroxyl groups excluding tert-OH is 1. The van der Waals surface area contributed by atoms with Crippen LogP contribution in [0.2, 0.25) is 0 Å². The number of aliphatic hydroxyl groups is 1. The number of thiophene rings is 1. The quantitative estimate of drug-likeness (QED) is 0.287. The monoisotopic (exact) mass is 672 g/mol. The number of rotatable bonds is 8. The van der Waals surface area contributed by atoms with E-state index in [9.17, 15) is 23.1 Å². The largest absolute Gasteiger partial charge is 0.490 e. The van der Waals surface area contributed by atoms with Gasteiger partial charge in [0.25, 0.3) is 15.9 Å². The number of carbonyl (C=O) groups excluding carboxylic acids is 2. The molecule has 0 fully saturated rings. The number of anilines is 2. The number of urea groups is 1. The molecule has 4 atom stereocenters. The molecule has 1 aliphatic heterocycles. The van der Waals surface area contributed by atoms with Crippen molar-refractivity contribution >= 4 is 44.7 Å². The summed E-state index contributed by atoms with van der Waals surface area (Å²) in [6, 6.07) is 16.2. The highest BCUT2D eigenvalue weighted by Gasteiger charge is 2.32. The van der Waals surface area contributed by atoms with Crippen molar-refractivity contribution in [3.8, 4) is 5.75 Å². The van der Waals surface area contributed by atoms with Crippen LogP contribution in [0.15, 0.2) is 70.3 Å². The van der Waals surface area contributed by atoms with Gasteiger partial charge in [0.05, 0.1) is 30.4 Å². The molecule has 0 bridgehead atoms. The van der Waals surface area contributed by atoms with Crippen molar-refractivity contribution in [1.29, 1.82) is 0 Å². The van der Waals surface area contributed by atoms with Gasteiger partial charge in [0, 0.05) is 44.0 Å². The highest BCUT2D eigenvalue weighted by atomic mass is 32.2. The van der Waals surface area contributed by atoms with E-state index in [4.69, 9.17) is 9.47 Å². The van der Waals surface area contributed by atoms with Crippen molar-refractivity contribution in [3.05, 3.63) is 71.6 Å². The Balaban J connectivity index is 1.62. The lowest BCUT2D eigenvalue weighted by Gasteiger charge is -2.35. The van der Waals surface area contributed by atoms with Gasteiger partial charge in [0.2, 0.25) is 0 Å². The minimum absolute atomic E-state index is 0.0949. The predicted molar refractivity (Wildman–Crippen MR) is 180 cm³/mol. The summed E-state index contributed by atoms with van der Waals surface area (Å²) >= 11 is 1.16. The molecule has 3 N–H and O–H groups in total. The molecule has 0 saturated heterocycles. The summed E-state index contributed by atoms with van der Waals surface area (Å²) in [7, 11) is -2.18. The van der Waals surface area contributed by atoms with Crippen LogP contribution >= 0.6 is 11.3 Å². The number of ether oxygens (including phenoxy) is 2. The lowest BCUT2D eigenvalue weighted by atomic mass is 10.0. The van der Waals surface area contributed by atoms with Crippen LogP contribution in [0.25, 0.3) is 0 Å². The highest BCUT2D eigenvalue weighted by Crippen LogP contribution is 2.29. The number of nitrogens with one attached hydrogen (secondary N) is 2. The molecule has 4 rings (SSSR count). The molecular formula is C33H44N4O7S2. The molecule has 3 aromatic rings. The van der Waals surface area contributed by atoms with Crippen LogP contribution in [-0.4, -0.2) is 86.3 Å². The third-order valence-electron chi connectivity index (χ3n) is 7.94. The van der Waals surface area contributed by atoms with E-state index in [2.05, 4.69) is 10.6 Å². The molecular weight excluding hydrogens is 629 g/mol. The fourth-order valence-corrected chi connectivity index (χ4v) is 7.58. The molecule has 2 heterocycles. The van der Waals surface area contributed by atoms with Crippen LogP contribution in [0, 0.1) is 5.92 Å². The van der Waals surface area contributed by atoms with Crippen molar-refractivity contribution in [3.63, 3.8) is 0 Å². The summed E-state index contributed by atoms with van der Waals surface area (Å²) in [6.07, 6.45) is 1.53. The predicted octanol–water partition coefficient (Wildman–Crippen LogP) is 5.51. The van der Waals surface area contributed by atoms with E-state index in [1.807, 2.05) is 32.0 Å². The molecule has 1 aromatic heterocycles. The number of fused-ring (bicyclic) bond motifs is 1. The van der Waals surface area contributed by atoms with Crippen LogP contribution < -0.4 is 15.4 Å². The van der Waals surface area contributed by atoms with E-state index in [1.165, 1.54) is 11.4 Å². The van der Waals surface area contributed by atoms with Crippen LogP contribution in [0.1, 0.15) is 50.4 Å². The Morgan fingerprint density at radius 1 is 1.09 bits per heavy atom. The van der Waals surface area contributed by atoms with Gasteiger partial charge in [-0.2, -0.15) is 4.31 Å². The molecule has 0 spiro atoms. The van der Waals surface area contributed by atoms with E-state index < -0.39 is 34.1 Å². The average molecular weight is 673 g/mol. The Bertz CT molecular complexity index is 1540. The first-order chi connectivity index (χ1) is 22.0. The van der Waals surface area contributed by atoms with Gasteiger partial charge in [-0.05, 0) is 74.9 Å². The highest BCUT2D eigenvalue weighted by molar-refractivity contribution is 7.91. The third kappa shape index (κ3) is 9.29. The summed E-state index contributed by atoms with van der Waals surface area (Å²) in [5.74, 6) is -0.317. The molecule has 250 valence electrons. The van der Waals surface area contributed by atoms with E-state index in [0.29, 0.717) is 30.2 Å². The lowest BCUT2D eigenvalue weighted by Crippen LogP contribution is -2.48. The Labute approximate surface area is 275 Å². The van der Waals surface area contributed by atoms with Gasteiger partial charge < -0.3 is 30.1 Å². The summed E-state index contributed by atoms with van der Waals surface area (Å²) in [5, 5.41) is 17.5. The van der Waals surface area contributed by atoms with Crippen molar-refractivity contribution in [2.75, 3.05) is 44.0 Å². The smallest absolute Gasteiger partial charge is 0.323 e. The number of likely N-dealkylation sites (N-methyl/N-ethyl adjacent to an activating group) is 1. The van der Waals surface area contributed by atoms with Crippen LogP contribution in [-0.2, 0) is 14.8 Å². The maximum atomic E-state index is 14.3. The second-order valence-electron chi connectivity index (χ2n) is 11.7. The van der Waals surface area contributed by atoms with Gasteiger partial charge in [0.1, 0.15) is 9.96 Å². The molecule has 0 aliphatic carbocycles. The summed E-state index contributed by atoms with van der Waals surface area (Å²) in [4.78, 5) is 28.6. The van der Waals surface area contributed by atoms with Gasteiger partial charge in [-0.3, -0.25) is 4.79 Å². The SMILES string of the molecule is C[C@@H]1CCCCO[C@@H](CN(C)S(=O)(=O)c2cccs2)[C@@H](C)CN([C@@H](C)CO)C(=O)c2cc(NC(=O)Nc3ccccc3)ccc2O1. The maximum absolute atomic E-state index is 14.3. The van der Waals surface area contributed by atoms with Gasteiger partial charge in [-0.15, -0.1) is 11.3 Å². The number of benzene rings is 2. The number of hydrogen-bond acceptors (Lipinski definition) is 8. The number of sulfonamides is 1.